The molecule has 3 rings (SSSR count). The van der Waals surface area contributed by atoms with Crippen molar-refractivity contribution in [2.24, 2.45) is 0 Å². The van der Waals surface area contributed by atoms with Crippen LogP contribution in [-0.2, 0) is 18.0 Å². The first-order valence-corrected chi connectivity index (χ1v) is 6.24. The highest BCUT2D eigenvalue weighted by molar-refractivity contribution is 9.10. The molecule has 2 heterocycles. The zero-order chi connectivity index (χ0) is 12.7. The average Bonchev–Trinajstić information content (AvgIpc) is 2.93. The second kappa shape index (κ2) is 4.16. The van der Waals surface area contributed by atoms with Crippen LogP contribution in [0.1, 0.15) is 11.3 Å². The molecule has 5 heteroatoms. The molecule has 0 saturated heterocycles. The van der Waals surface area contributed by atoms with Crippen molar-refractivity contribution in [2.45, 2.75) is 13.2 Å². The molecule has 4 nitrogen and oxygen atoms in total. The molecular formula is C13H10BrN3O. The van der Waals surface area contributed by atoms with E-state index >= 15 is 0 Å². The van der Waals surface area contributed by atoms with Crippen LogP contribution in [0.5, 0.6) is 0 Å². The summed E-state index contributed by atoms with van der Waals surface area (Å²) in [5, 5.41) is 0. The number of ether oxygens (including phenoxy) is 1. The van der Waals surface area contributed by atoms with E-state index in [9.17, 15) is 0 Å². The molecule has 0 aliphatic carbocycles. The first kappa shape index (κ1) is 11.3. The van der Waals surface area contributed by atoms with E-state index in [0.29, 0.717) is 24.7 Å². The monoisotopic (exact) mass is 303 g/mol. The minimum absolute atomic E-state index is 0.477. The van der Waals surface area contributed by atoms with Crippen molar-refractivity contribution in [3.63, 3.8) is 0 Å². The molecule has 2 aromatic rings. The van der Waals surface area contributed by atoms with Crippen molar-refractivity contribution < 1.29 is 4.74 Å². The average molecular weight is 304 g/mol. The third kappa shape index (κ3) is 1.54. The Labute approximate surface area is 113 Å². The fourth-order valence-corrected chi connectivity index (χ4v) is 2.48. The van der Waals surface area contributed by atoms with Crippen LogP contribution >= 0.6 is 15.9 Å². The molecule has 1 aromatic heterocycles. The Kier molecular flexibility index (Phi) is 2.62. The number of anilines is 1. The largest absolute Gasteiger partial charge is 0.406 e. The molecule has 0 amide bonds. The molecular weight excluding hydrogens is 294 g/mol. The molecule has 0 unspecified atom stereocenters. The molecule has 0 radical (unpaired) electrons. The SMILES string of the molecule is [C-]#[N+]c1c(N)c2c(n1-c1ccc(Br)cc1)COC2. The van der Waals surface area contributed by atoms with E-state index in [0.717, 1.165) is 21.4 Å². The molecule has 1 aliphatic rings. The van der Waals surface area contributed by atoms with E-state index in [1.165, 1.54) is 0 Å². The summed E-state index contributed by atoms with van der Waals surface area (Å²) in [4.78, 5) is 3.55. The molecule has 2 N–H and O–H groups in total. The molecule has 0 bridgehead atoms. The quantitative estimate of drug-likeness (QED) is 0.821. The molecule has 90 valence electrons. The highest BCUT2D eigenvalue weighted by Crippen LogP contribution is 2.39. The second-order valence-electron chi connectivity index (χ2n) is 4.08. The Morgan fingerprint density at radius 1 is 1.28 bits per heavy atom. The summed E-state index contributed by atoms with van der Waals surface area (Å²) in [7, 11) is 0. The van der Waals surface area contributed by atoms with Gasteiger partial charge in [-0.1, -0.05) is 22.5 Å². The van der Waals surface area contributed by atoms with Crippen LogP contribution in [0.25, 0.3) is 10.5 Å². The van der Waals surface area contributed by atoms with Crippen LogP contribution in [-0.4, -0.2) is 4.57 Å². The van der Waals surface area contributed by atoms with Gasteiger partial charge >= 0.3 is 0 Å². The van der Waals surface area contributed by atoms with E-state index in [1.54, 1.807) is 0 Å². The van der Waals surface area contributed by atoms with Gasteiger partial charge < -0.3 is 15.3 Å². The number of rotatable bonds is 1. The molecule has 0 saturated carbocycles. The van der Waals surface area contributed by atoms with E-state index < -0.39 is 0 Å². The maximum atomic E-state index is 7.30. The van der Waals surface area contributed by atoms with Crippen LogP contribution < -0.4 is 5.73 Å². The van der Waals surface area contributed by atoms with Crippen molar-refractivity contribution in [3.8, 4) is 5.69 Å². The summed E-state index contributed by atoms with van der Waals surface area (Å²) < 4.78 is 8.30. The van der Waals surface area contributed by atoms with Crippen LogP contribution in [0.3, 0.4) is 0 Å². The fourth-order valence-electron chi connectivity index (χ4n) is 2.21. The zero-order valence-electron chi connectivity index (χ0n) is 9.48. The van der Waals surface area contributed by atoms with Crippen LogP contribution in [0.4, 0.5) is 11.5 Å². The summed E-state index contributed by atoms with van der Waals surface area (Å²) >= 11 is 3.40. The van der Waals surface area contributed by atoms with Crippen LogP contribution in [0.15, 0.2) is 28.7 Å². The van der Waals surface area contributed by atoms with Crippen molar-refractivity contribution in [1.29, 1.82) is 0 Å². The lowest BCUT2D eigenvalue weighted by molar-refractivity contribution is 0.132. The molecule has 0 spiro atoms. The van der Waals surface area contributed by atoms with Gasteiger partial charge in [0.2, 0.25) is 0 Å². The first-order valence-electron chi connectivity index (χ1n) is 5.45. The summed E-state index contributed by atoms with van der Waals surface area (Å²) in [6.07, 6.45) is 0. The van der Waals surface area contributed by atoms with E-state index in [4.69, 9.17) is 17.0 Å². The molecule has 1 aliphatic heterocycles. The van der Waals surface area contributed by atoms with Gasteiger partial charge in [-0.2, -0.15) is 0 Å². The Morgan fingerprint density at radius 3 is 2.67 bits per heavy atom. The van der Waals surface area contributed by atoms with Gasteiger partial charge in [0.15, 0.2) is 0 Å². The number of hydrogen-bond acceptors (Lipinski definition) is 2. The first-order chi connectivity index (χ1) is 8.72. The minimum atomic E-state index is 0.477. The predicted octanol–water partition coefficient (Wildman–Crippen LogP) is 3.40. The normalized spacial score (nSPS) is 13.3. The van der Waals surface area contributed by atoms with Crippen LogP contribution in [0, 0.1) is 6.57 Å². The lowest BCUT2D eigenvalue weighted by Crippen LogP contribution is -1.98. The van der Waals surface area contributed by atoms with Crippen molar-refractivity contribution in [1.82, 2.24) is 4.57 Å². The van der Waals surface area contributed by atoms with Gasteiger partial charge in [-0.15, -0.1) is 0 Å². The smallest absolute Gasteiger partial charge is 0.258 e. The third-order valence-electron chi connectivity index (χ3n) is 3.07. The minimum Gasteiger partial charge on any atom is -0.406 e. The Morgan fingerprint density at radius 2 is 2.00 bits per heavy atom. The van der Waals surface area contributed by atoms with Gasteiger partial charge in [-0.3, -0.25) is 4.57 Å². The number of aromatic nitrogens is 1. The van der Waals surface area contributed by atoms with Gasteiger partial charge in [-0.25, -0.2) is 0 Å². The molecule has 0 atom stereocenters. The summed E-state index contributed by atoms with van der Waals surface area (Å²) in [6, 6.07) is 7.80. The fraction of sp³-hybridized carbons (Fsp3) is 0.154. The van der Waals surface area contributed by atoms with Gasteiger partial charge in [0, 0.05) is 10.0 Å². The number of halogens is 1. The lowest BCUT2D eigenvalue weighted by Gasteiger charge is -2.06. The van der Waals surface area contributed by atoms with Gasteiger partial charge in [0.1, 0.15) is 18.0 Å². The highest BCUT2D eigenvalue weighted by Gasteiger charge is 2.28. The standard InChI is InChI=1S/C13H10BrN3O/c1-16-13-12(15)10-6-18-7-11(10)17(13)9-4-2-8(14)3-5-9/h2-5H,6-7,15H2. The topological polar surface area (TPSA) is 44.5 Å². The zero-order valence-corrected chi connectivity index (χ0v) is 11.1. The summed E-state index contributed by atoms with van der Waals surface area (Å²) in [5.41, 5.74) is 9.42. The molecule has 0 fully saturated rings. The maximum Gasteiger partial charge on any atom is 0.258 e. The number of fused-ring (bicyclic) bond motifs is 1. The summed E-state index contributed by atoms with van der Waals surface area (Å²) in [5.74, 6) is 0.477. The Balaban J connectivity index is 2.26. The molecule has 1 aromatic carbocycles. The van der Waals surface area contributed by atoms with Crippen molar-refractivity contribution in [3.05, 3.63) is 51.4 Å². The molecule has 18 heavy (non-hydrogen) atoms. The number of hydrogen-bond donors (Lipinski definition) is 1. The van der Waals surface area contributed by atoms with E-state index in [-0.39, 0.29) is 0 Å². The number of benzene rings is 1. The maximum absolute atomic E-state index is 7.30. The Bertz CT molecular complexity index is 652. The van der Waals surface area contributed by atoms with Crippen LogP contribution in [0.2, 0.25) is 0 Å². The Hall–Kier alpha value is -1.77. The number of nitrogens with two attached hydrogens (primary N) is 1. The van der Waals surface area contributed by atoms with Gasteiger partial charge in [-0.05, 0) is 24.3 Å². The predicted molar refractivity (Wildman–Crippen MR) is 72.6 cm³/mol. The van der Waals surface area contributed by atoms with Gasteiger partial charge in [0.05, 0.1) is 12.3 Å². The summed E-state index contributed by atoms with van der Waals surface area (Å²) in [6.45, 7) is 8.30. The van der Waals surface area contributed by atoms with Gasteiger partial charge in [0.25, 0.3) is 5.82 Å². The number of nitrogen functional groups attached to an aromatic ring is 1. The van der Waals surface area contributed by atoms with Crippen molar-refractivity contribution in [2.75, 3.05) is 5.73 Å². The highest BCUT2D eigenvalue weighted by atomic mass is 79.9. The van der Waals surface area contributed by atoms with E-state index in [1.807, 2.05) is 28.8 Å². The number of nitrogens with zero attached hydrogens (tertiary/aromatic N) is 2. The second-order valence-corrected chi connectivity index (χ2v) is 4.99. The van der Waals surface area contributed by atoms with E-state index in [2.05, 4.69) is 20.8 Å². The third-order valence-corrected chi connectivity index (χ3v) is 3.60. The van der Waals surface area contributed by atoms with Crippen molar-refractivity contribution >= 4 is 27.4 Å². The lowest BCUT2D eigenvalue weighted by atomic mass is 10.2.